The van der Waals surface area contributed by atoms with Gasteiger partial charge in [-0.25, -0.2) is 4.79 Å². The molecule has 2 N–H and O–H groups in total. The highest BCUT2D eigenvalue weighted by Gasteiger charge is 2.58. The molecule has 18 heavy (non-hydrogen) atoms. The molecule has 1 heterocycles. The number of amides is 1. The number of aromatic nitrogens is 2. The van der Waals surface area contributed by atoms with Crippen LogP contribution in [0.5, 0.6) is 0 Å². The van der Waals surface area contributed by atoms with Crippen molar-refractivity contribution in [2.24, 2.45) is 0 Å². The van der Waals surface area contributed by atoms with Crippen molar-refractivity contribution < 1.29 is 27.9 Å². The maximum Gasteiger partial charge on any atom is 0.422 e. The maximum atomic E-state index is 12.6. The number of hydrogen-bond acceptors (Lipinski definition) is 3. The van der Waals surface area contributed by atoms with E-state index in [9.17, 15) is 22.8 Å². The topological polar surface area (TPSA) is 84.2 Å². The number of rotatable bonds is 4. The number of hydrogen-bond donors (Lipinski definition) is 2. The number of carbonyl (C=O) groups is 2. The number of halogens is 3. The Hall–Kier alpha value is -2.06. The average molecular weight is 265 g/mol. The first kappa shape index (κ1) is 14.0. The highest BCUT2D eigenvalue weighted by Crippen LogP contribution is 2.30. The molecule has 0 aromatic carbocycles. The first-order valence-corrected chi connectivity index (χ1v) is 4.75. The van der Waals surface area contributed by atoms with Crippen LogP contribution in [-0.4, -0.2) is 38.5 Å². The molecule has 0 saturated heterocycles. The largest absolute Gasteiger partial charge is 0.479 e. The maximum absolute atomic E-state index is 12.6. The van der Waals surface area contributed by atoms with Gasteiger partial charge < -0.3 is 10.4 Å². The number of carboxylic acids is 1. The van der Waals surface area contributed by atoms with Gasteiger partial charge in [-0.2, -0.15) is 18.3 Å². The van der Waals surface area contributed by atoms with E-state index >= 15 is 0 Å². The molecule has 0 aliphatic carbocycles. The van der Waals surface area contributed by atoms with E-state index in [4.69, 9.17) is 5.11 Å². The molecular weight excluding hydrogens is 255 g/mol. The lowest BCUT2D eigenvalue weighted by Gasteiger charge is -2.28. The van der Waals surface area contributed by atoms with Gasteiger partial charge in [-0.15, -0.1) is 0 Å². The Kier molecular flexibility index (Phi) is 3.63. The molecule has 0 radical (unpaired) electrons. The number of nitrogens with zero attached hydrogens (tertiary/aromatic N) is 2. The van der Waals surface area contributed by atoms with Crippen molar-refractivity contribution >= 4 is 11.9 Å². The van der Waals surface area contributed by atoms with E-state index in [0.717, 1.165) is 4.68 Å². The molecule has 1 aromatic heterocycles. The second kappa shape index (κ2) is 4.67. The molecule has 1 amide bonds. The molecule has 0 aliphatic rings. The van der Waals surface area contributed by atoms with Gasteiger partial charge in [-0.05, 0) is 13.0 Å². The molecule has 0 fully saturated rings. The van der Waals surface area contributed by atoms with Crippen molar-refractivity contribution in [1.29, 1.82) is 0 Å². The predicted molar refractivity (Wildman–Crippen MR) is 52.5 cm³/mol. The molecule has 0 aliphatic heterocycles. The Morgan fingerprint density at radius 1 is 1.44 bits per heavy atom. The third-order valence-electron chi connectivity index (χ3n) is 2.25. The van der Waals surface area contributed by atoms with E-state index in [1.807, 2.05) is 0 Å². The van der Waals surface area contributed by atoms with Crippen LogP contribution in [0.3, 0.4) is 0 Å². The van der Waals surface area contributed by atoms with Crippen LogP contribution >= 0.6 is 0 Å². The number of aliphatic carboxylic acids is 1. The summed E-state index contributed by atoms with van der Waals surface area (Å²) in [6.07, 6.45) is -2.39. The van der Waals surface area contributed by atoms with Crippen LogP contribution in [0, 0.1) is 0 Å². The first-order valence-electron chi connectivity index (χ1n) is 4.75. The molecule has 0 bridgehead atoms. The second-order valence-corrected chi connectivity index (χ2v) is 3.68. The van der Waals surface area contributed by atoms with E-state index in [1.165, 1.54) is 23.8 Å². The van der Waals surface area contributed by atoms with Gasteiger partial charge in [-0.3, -0.25) is 9.48 Å². The van der Waals surface area contributed by atoms with E-state index in [0.29, 0.717) is 6.92 Å². The highest BCUT2D eigenvalue weighted by molar-refractivity contribution is 5.87. The average Bonchev–Trinajstić information content (AvgIpc) is 2.67. The Bertz CT molecular complexity index is 444. The molecule has 9 heteroatoms. The summed E-state index contributed by atoms with van der Waals surface area (Å²) in [5.41, 5.74) is -3.32. The summed E-state index contributed by atoms with van der Waals surface area (Å²) in [4.78, 5) is 22.0. The summed E-state index contributed by atoms with van der Waals surface area (Å²) in [5, 5.41) is 13.7. The highest BCUT2D eigenvalue weighted by atomic mass is 19.4. The number of nitrogens with one attached hydrogen (secondary N) is 1. The van der Waals surface area contributed by atoms with Crippen LogP contribution in [0.4, 0.5) is 13.2 Å². The third kappa shape index (κ3) is 2.79. The van der Waals surface area contributed by atoms with Crippen molar-refractivity contribution in [3.8, 4) is 0 Å². The van der Waals surface area contributed by atoms with Crippen LogP contribution in [0.15, 0.2) is 18.5 Å². The van der Waals surface area contributed by atoms with Crippen molar-refractivity contribution in [2.75, 3.05) is 0 Å². The van der Waals surface area contributed by atoms with E-state index < -0.39 is 30.1 Å². The summed E-state index contributed by atoms with van der Waals surface area (Å²) < 4.78 is 38.8. The number of alkyl halides is 3. The van der Waals surface area contributed by atoms with Crippen molar-refractivity contribution in [3.63, 3.8) is 0 Å². The Labute approximate surface area is 99.4 Å². The quantitative estimate of drug-likeness (QED) is 0.825. The van der Waals surface area contributed by atoms with Gasteiger partial charge in [0.2, 0.25) is 11.4 Å². The van der Waals surface area contributed by atoms with Crippen LogP contribution in [0.25, 0.3) is 0 Å². The zero-order chi connectivity index (χ0) is 14.0. The fraction of sp³-hybridized carbons (Fsp3) is 0.444. The van der Waals surface area contributed by atoms with Crippen LogP contribution in [-0.2, 0) is 16.1 Å². The van der Waals surface area contributed by atoms with Crippen molar-refractivity contribution in [1.82, 2.24) is 15.1 Å². The zero-order valence-electron chi connectivity index (χ0n) is 9.23. The molecule has 1 atom stereocenters. The summed E-state index contributed by atoms with van der Waals surface area (Å²) in [6, 6.07) is 1.48. The molecule has 1 rings (SSSR count). The molecule has 0 spiro atoms. The molecule has 6 nitrogen and oxygen atoms in total. The molecule has 1 unspecified atom stereocenters. The van der Waals surface area contributed by atoms with Gasteiger partial charge in [0.15, 0.2) is 0 Å². The predicted octanol–water partition coefficient (Wildman–Crippen LogP) is 0.405. The van der Waals surface area contributed by atoms with Gasteiger partial charge >= 0.3 is 12.1 Å². The Balaban J connectivity index is 2.80. The number of carboxylic acid groups (broad SMARTS) is 1. The molecular formula is C9H10F3N3O3. The summed E-state index contributed by atoms with van der Waals surface area (Å²) >= 11 is 0. The van der Waals surface area contributed by atoms with Crippen LogP contribution in [0.2, 0.25) is 0 Å². The molecule has 1 aromatic rings. The monoisotopic (exact) mass is 265 g/mol. The standard InChI is InChI=1S/C9H10F3N3O3/c1-8(7(17)18,9(10,11)12)14-6(16)5-15-4-2-3-13-15/h2-4H,5H2,1H3,(H,14,16)(H,17,18). The lowest BCUT2D eigenvalue weighted by molar-refractivity contribution is -0.207. The zero-order valence-corrected chi connectivity index (χ0v) is 9.23. The second-order valence-electron chi connectivity index (χ2n) is 3.68. The SMILES string of the molecule is CC(NC(=O)Cn1cccn1)(C(=O)O)C(F)(F)F. The fourth-order valence-corrected chi connectivity index (χ4v) is 1.11. The van der Waals surface area contributed by atoms with E-state index in [2.05, 4.69) is 5.10 Å². The van der Waals surface area contributed by atoms with E-state index in [1.54, 1.807) is 0 Å². The first-order chi connectivity index (χ1) is 8.17. The summed E-state index contributed by atoms with van der Waals surface area (Å²) in [7, 11) is 0. The van der Waals surface area contributed by atoms with Gasteiger partial charge in [0.05, 0.1) is 0 Å². The Morgan fingerprint density at radius 3 is 2.44 bits per heavy atom. The van der Waals surface area contributed by atoms with Crippen molar-refractivity contribution in [2.45, 2.75) is 25.2 Å². The Morgan fingerprint density at radius 2 is 2.06 bits per heavy atom. The minimum Gasteiger partial charge on any atom is -0.479 e. The smallest absolute Gasteiger partial charge is 0.422 e. The third-order valence-corrected chi connectivity index (χ3v) is 2.25. The van der Waals surface area contributed by atoms with Crippen LogP contribution in [0.1, 0.15) is 6.92 Å². The van der Waals surface area contributed by atoms with E-state index in [-0.39, 0.29) is 0 Å². The molecule has 0 saturated carbocycles. The van der Waals surface area contributed by atoms with Gasteiger partial charge in [0, 0.05) is 12.4 Å². The number of carbonyl (C=O) groups excluding carboxylic acids is 1. The minimum absolute atomic E-state index is 0.385. The summed E-state index contributed by atoms with van der Waals surface area (Å²) in [6.45, 7) is -0.109. The minimum atomic E-state index is -5.10. The molecule has 100 valence electrons. The van der Waals surface area contributed by atoms with Gasteiger partial charge in [0.1, 0.15) is 6.54 Å². The van der Waals surface area contributed by atoms with Crippen LogP contribution < -0.4 is 5.32 Å². The van der Waals surface area contributed by atoms with Crippen molar-refractivity contribution in [3.05, 3.63) is 18.5 Å². The summed E-state index contributed by atoms with van der Waals surface area (Å²) in [5.74, 6) is -3.27. The normalized spacial score (nSPS) is 14.9. The lowest BCUT2D eigenvalue weighted by atomic mass is 10.0. The fourth-order valence-electron chi connectivity index (χ4n) is 1.11. The van der Waals surface area contributed by atoms with Gasteiger partial charge in [-0.1, -0.05) is 0 Å². The van der Waals surface area contributed by atoms with Gasteiger partial charge in [0.25, 0.3) is 0 Å². The lowest BCUT2D eigenvalue weighted by Crippen LogP contribution is -2.62.